The second-order valence-electron chi connectivity index (χ2n) is 4.92. The van der Waals surface area contributed by atoms with Crippen molar-refractivity contribution in [3.63, 3.8) is 0 Å². The third kappa shape index (κ3) is 4.04. The van der Waals surface area contributed by atoms with Crippen molar-refractivity contribution in [1.82, 2.24) is 9.97 Å². The summed E-state index contributed by atoms with van der Waals surface area (Å²) in [5.41, 5.74) is 3.57. The van der Waals surface area contributed by atoms with E-state index in [-0.39, 0.29) is 0 Å². The lowest BCUT2D eigenvalue weighted by atomic mass is 10.1. The number of aryl methyl sites for hydroxylation is 2. The fraction of sp³-hybridized carbons (Fsp3) is 0.353. The molecule has 2 rings (SSSR count). The summed E-state index contributed by atoms with van der Waals surface area (Å²) in [5, 5.41) is 8.81. The Morgan fingerprint density at radius 3 is 2.27 bits per heavy atom. The van der Waals surface area contributed by atoms with E-state index in [1.54, 1.807) is 0 Å². The monoisotopic (exact) mass is 300 g/mol. The third-order valence-corrected chi connectivity index (χ3v) is 3.30. The topological polar surface area (TPSA) is 72.3 Å². The minimum atomic E-state index is -1.02. The highest BCUT2D eigenvalue weighted by atomic mass is 16.5. The molecule has 0 atom stereocenters. The van der Waals surface area contributed by atoms with Crippen LogP contribution in [0.3, 0.4) is 0 Å². The van der Waals surface area contributed by atoms with Gasteiger partial charge in [-0.15, -0.1) is 0 Å². The molecule has 22 heavy (non-hydrogen) atoms. The summed E-state index contributed by atoms with van der Waals surface area (Å²) in [6, 6.07) is 9.88. The Morgan fingerprint density at radius 1 is 1.05 bits per heavy atom. The van der Waals surface area contributed by atoms with Crippen molar-refractivity contribution < 1.29 is 14.6 Å². The minimum Gasteiger partial charge on any atom is -0.479 e. The first-order valence-electron chi connectivity index (χ1n) is 7.41. The number of hydrogen-bond donors (Lipinski definition) is 1. The van der Waals surface area contributed by atoms with Gasteiger partial charge in [0.2, 0.25) is 5.88 Å². The van der Waals surface area contributed by atoms with Gasteiger partial charge in [0.1, 0.15) is 5.69 Å². The lowest BCUT2D eigenvalue weighted by molar-refractivity contribution is -0.139. The molecule has 5 heteroatoms. The highest BCUT2D eigenvalue weighted by Crippen LogP contribution is 2.21. The van der Waals surface area contributed by atoms with Gasteiger partial charge in [-0.05, 0) is 18.4 Å². The van der Waals surface area contributed by atoms with Crippen LogP contribution in [0.2, 0.25) is 0 Å². The van der Waals surface area contributed by atoms with Crippen molar-refractivity contribution in [2.24, 2.45) is 0 Å². The van der Waals surface area contributed by atoms with E-state index < -0.39 is 12.6 Å². The molecule has 0 saturated carbocycles. The van der Waals surface area contributed by atoms with E-state index >= 15 is 0 Å². The molecule has 0 aliphatic heterocycles. The number of aliphatic carboxylic acids is 1. The standard InChI is InChI=1S/C17H20N2O3/c1-3-13-14(4-2)19-17(22-11-16(20)21)15(18-13)10-12-8-6-5-7-9-12/h5-9H,3-4,10-11H2,1-2H3,(H,20,21). The number of rotatable bonds is 7. The van der Waals surface area contributed by atoms with E-state index in [0.717, 1.165) is 29.8 Å². The van der Waals surface area contributed by atoms with E-state index in [2.05, 4.69) is 9.97 Å². The Balaban J connectivity index is 2.36. The maximum atomic E-state index is 10.7. The largest absolute Gasteiger partial charge is 0.479 e. The second kappa shape index (κ2) is 7.54. The van der Waals surface area contributed by atoms with Crippen molar-refractivity contribution in [2.75, 3.05) is 6.61 Å². The quantitative estimate of drug-likeness (QED) is 0.851. The molecule has 0 aliphatic carbocycles. The van der Waals surface area contributed by atoms with Gasteiger partial charge >= 0.3 is 5.97 Å². The maximum absolute atomic E-state index is 10.7. The molecule has 116 valence electrons. The maximum Gasteiger partial charge on any atom is 0.341 e. The zero-order valence-electron chi connectivity index (χ0n) is 12.9. The smallest absolute Gasteiger partial charge is 0.341 e. The number of carboxylic acids is 1. The summed E-state index contributed by atoms with van der Waals surface area (Å²) >= 11 is 0. The normalized spacial score (nSPS) is 10.5. The summed E-state index contributed by atoms with van der Waals surface area (Å²) in [6.07, 6.45) is 2.10. The predicted octanol–water partition coefficient (Wildman–Crippen LogP) is 2.66. The van der Waals surface area contributed by atoms with Crippen molar-refractivity contribution >= 4 is 5.97 Å². The number of carbonyl (C=O) groups is 1. The fourth-order valence-electron chi connectivity index (χ4n) is 2.24. The van der Waals surface area contributed by atoms with Crippen molar-refractivity contribution in [3.8, 4) is 5.88 Å². The van der Waals surface area contributed by atoms with E-state index in [4.69, 9.17) is 9.84 Å². The number of hydrogen-bond acceptors (Lipinski definition) is 4. The summed E-state index contributed by atoms with van der Waals surface area (Å²) in [7, 11) is 0. The highest BCUT2D eigenvalue weighted by molar-refractivity contribution is 5.68. The molecule has 0 unspecified atom stereocenters. The van der Waals surface area contributed by atoms with Crippen LogP contribution in [0.15, 0.2) is 30.3 Å². The number of benzene rings is 1. The molecule has 0 aliphatic rings. The number of nitrogens with zero attached hydrogens (tertiary/aromatic N) is 2. The Kier molecular flexibility index (Phi) is 5.47. The first kappa shape index (κ1) is 15.9. The van der Waals surface area contributed by atoms with Gasteiger partial charge < -0.3 is 9.84 Å². The van der Waals surface area contributed by atoms with Crippen molar-refractivity contribution in [2.45, 2.75) is 33.1 Å². The van der Waals surface area contributed by atoms with Gasteiger partial charge in [-0.3, -0.25) is 0 Å². The Labute approximate surface area is 130 Å². The molecule has 1 aromatic heterocycles. The van der Waals surface area contributed by atoms with Crippen LogP contribution < -0.4 is 4.74 Å². The molecular formula is C17H20N2O3. The van der Waals surface area contributed by atoms with E-state index in [9.17, 15) is 4.79 Å². The molecule has 0 amide bonds. The predicted molar refractivity (Wildman–Crippen MR) is 83.2 cm³/mol. The van der Waals surface area contributed by atoms with Gasteiger partial charge in [0.05, 0.1) is 11.4 Å². The molecular weight excluding hydrogens is 280 g/mol. The molecule has 1 aromatic carbocycles. The van der Waals surface area contributed by atoms with Crippen molar-refractivity contribution in [1.29, 1.82) is 0 Å². The first-order valence-corrected chi connectivity index (χ1v) is 7.41. The van der Waals surface area contributed by atoms with Gasteiger partial charge in [0.25, 0.3) is 0 Å². The summed E-state index contributed by atoms with van der Waals surface area (Å²) in [5.74, 6) is -0.703. The lowest BCUT2D eigenvalue weighted by Gasteiger charge is -2.13. The Hall–Kier alpha value is -2.43. The first-order chi connectivity index (χ1) is 10.6. The SMILES string of the molecule is CCc1nc(Cc2ccccc2)c(OCC(=O)O)nc1CC. The molecule has 0 saturated heterocycles. The fourth-order valence-corrected chi connectivity index (χ4v) is 2.24. The summed E-state index contributed by atoms with van der Waals surface area (Å²) in [6.45, 7) is 3.62. The zero-order chi connectivity index (χ0) is 15.9. The van der Waals surface area contributed by atoms with Gasteiger partial charge in [-0.25, -0.2) is 14.8 Å². The lowest BCUT2D eigenvalue weighted by Crippen LogP contribution is -2.14. The molecule has 2 aromatic rings. The average Bonchev–Trinajstić information content (AvgIpc) is 2.54. The van der Waals surface area contributed by atoms with Crippen LogP contribution >= 0.6 is 0 Å². The van der Waals surface area contributed by atoms with Crippen LogP contribution in [0.25, 0.3) is 0 Å². The van der Waals surface area contributed by atoms with E-state index in [1.165, 1.54) is 0 Å². The number of ether oxygens (including phenoxy) is 1. The van der Waals surface area contributed by atoms with Crippen LogP contribution in [-0.2, 0) is 24.1 Å². The molecule has 0 radical (unpaired) electrons. The second-order valence-corrected chi connectivity index (χ2v) is 4.92. The minimum absolute atomic E-state index is 0.320. The molecule has 0 spiro atoms. The van der Waals surface area contributed by atoms with Crippen molar-refractivity contribution in [3.05, 3.63) is 53.0 Å². The molecule has 1 heterocycles. The average molecular weight is 300 g/mol. The zero-order valence-corrected chi connectivity index (χ0v) is 12.9. The van der Waals surface area contributed by atoms with E-state index in [1.807, 2.05) is 44.2 Å². The molecule has 0 fully saturated rings. The van der Waals surface area contributed by atoms with Crippen LogP contribution in [0.5, 0.6) is 5.88 Å². The van der Waals surface area contributed by atoms with Gasteiger partial charge in [0.15, 0.2) is 6.61 Å². The Bertz CT molecular complexity index is 642. The summed E-state index contributed by atoms with van der Waals surface area (Å²) in [4.78, 5) is 19.9. The van der Waals surface area contributed by atoms with E-state index in [0.29, 0.717) is 18.0 Å². The number of aromatic nitrogens is 2. The summed E-state index contributed by atoms with van der Waals surface area (Å²) < 4.78 is 5.34. The van der Waals surface area contributed by atoms with Gasteiger partial charge in [0, 0.05) is 6.42 Å². The molecule has 0 bridgehead atoms. The van der Waals surface area contributed by atoms with Gasteiger partial charge in [-0.1, -0.05) is 44.2 Å². The van der Waals surface area contributed by atoms with Crippen LogP contribution in [0, 0.1) is 0 Å². The third-order valence-electron chi connectivity index (χ3n) is 3.30. The van der Waals surface area contributed by atoms with Crippen LogP contribution in [0.1, 0.15) is 36.5 Å². The molecule has 5 nitrogen and oxygen atoms in total. The molecule has 1 N–H and O–H groups in total. The van der Waals surface area contributed by atoms with Gasteiger partial charge in [-0.2, -0.15) is 0 Å². The highest BCUT2D eigenvalue weighted by Gasteiger charge is 2.14. The van der Waals surface area contributed by atoms with Crippen LogP contribution in [-0.4, -0.2) is 27.7 Å². The van der Waals surface area contributed by atoms with Crippen LogP contribution in [0.4, 0.5) is 0 Å². The number of carboxylic acid groups (broad SMARTS) is 1. The Morgan fingerprint density at radius 2 is 1.68 bits per heavy atom.